The van der Waals surface area contributed by atoms with Crippen LogP contribution >= 0.6 is 11.6 Å². The van der Waals surface area contributed by atoms with Crippen LogP contribution in [0, 0.1) is 58.2 Å². The van der Waals surface area contributed by atoms with Crippen molar-refractivity contribution in [2.45, 2.75) is 12.2 Å². The molecule has 2 atom stereocenters. The summed E-state index contributed by atoms with van der Waals surface area (Å²) >= 11 is 5.27. The molecule has 0 saturated carbocycles. The first-order valence-electron chi connectivity index (χ1n) is 8.56. The molecule has 2 fully saturated rings. The number of aromatic hydroxyl groups is 1. The molecule has 2 unspecified atom stereocenters. The second-order valence-corrected chi connectivity index (χ2v) is 6.50. The summed E-state index contributed by atoms with van der Waals surface area (Å²) < 4.78 is 138. The van der Waals surface area contributed by atoms with Crippen molar-refractivity contribution in [3.8, 4) is 11.5 Å². The molecule has 15 heteroatoms. The summed E-state index contributed by atoms with van der Waals surface area (Å²) in [4.78, 5) is 0. The molecule has 2 aliphatic rings. The van der Waals surface area contributed by atoms with Crippen molar-refractivity contribution in [1.82, 2.24) is 0 Å². The zero-order valence-corrected chi connectivity index (χ0v) is 16.6. The Hall–Kier alpha value is -2.45. The van der Waals surface area contributed by atoms with Gasteiger partial charge >= 0.3 is 0 Å². The normalized spacial score (nSPS) is 18.0. The van der Waals surface area contributed by atoms with Crippen LogP contribution in [0.1, 0.15) is 0 Å². The molecule has 0 aliphatic carbocycles. The molecule has 2 aromatic rings. The Morgan fingerprint density at radius 1 is 0.636 bits per heavy atom. The molecular weight excluding hydrogens is 506 g/mol. The number of halogens is 11. The van der Waals surface area contributed by atoms with Gasteiger partial charge in [0.05, 0.1) is 25.2 Å². The molecule has 0 bridgehead atoms. The van der Waals surface area contributed by atoms with E-state index in [1.807, 2.05) is 0 Å². The molecule has 0 radical (unpaired) electrons. The summed E-state index contributed by atoms with van der Waals surface area (Å²) in [5.74, 6) is -23.7. The molecule has 184 valence electrons. The Morgan fingerprint density at radius 2 is 0.970 bits per heavy atom. The van der Waals surface area contributed by atoms with E-state index in [9.17, 15) is 43.9 Å². The standard InChI is InChI=1S/C9H5F5O2.C6HF5O.C3H5ClO/c10-4-5(11)7(13)9(8(14)6(4)12)16-2-3-1-15-3;7-1-2(8)4(10)6(12)5(11)3(1)9;4-1-3-2-5-3/h3H,1-2H2;12H;3H,1-2H2. The fourth-order valence-corrected chi connectivity index (χ4v) is 1.98. The van der Waals surface area contributed by atoms with Crippen LogP contribution in [0.2, 0.25) is 0 Å². The number of alkyl halides is 1. The van der Waals surface area contributed by atoms with E-state index >= 15 is 0 Å². The topological polar surface area (TPSA) is 54.5 Å². The minimum atomic E-state index is -2.29. The fraction of sp³-hybridized carbons (Fsp3) is 0.333. The Morgan fingerprint density at radius 3 is 1.27 bits per heavy atom. The summed E-state index contributed by atoms with van der Waals surface area (Å²) in [7, 11) is 0. The summed E-state index contributed by atoms with van der Waals surface area (Å²) in [6, 6.07) is 0. The van der Waals surface area contributed by atoms with Gasteiger partial charge in [0.1, 0.15) is 12.7 Å². The number of phenols is 1. The maximum absolute atomic E-state index is 13.0. The summed E-state index contributed by atoms with van der Waals surface area (Å²) in [6.45, 7) is 0.969. The van der Waals surface area contributed by atoms with Crippen molar-refractivity contribution in [3.63, 3.8) is 0 Å². The van der Waals surface area contributed by atoms with Gasteiger partial charge in [0.25, 0.3) is 0 Å². The number of epoxide rings is 2. The van der Waals surface area contributed by atoms with Gasteiger partial charge in [-0.3, -0.25) is 0 Å². The highest BCUT2D eigenvalue weighted by atomic mass is 35.5. The lowest BCUT2D eigenvalue weighted by Crippen LogP contribution is -2.10. The lowest BCUT2D eigenvalue weighted by Gasteiger charge is -2.08. The predicted molar refractivity (Wildman–Crippen MR) is 89.8 cm³/mol. The van der Waals surface area contributed by atoms with Gasteiger partial charge in [-0.2, -0.15) is 17.6 Å². The summed E-state index contributed by atoms with van der Waals surface area (Å²) in [5.41, 5.74) is 0. The van der Waals surface area contributed by atoms with E-state index in [-0.39, 0.29) is 12.7 Å². The molecule has 0 amide bonds. The highest BCUT2D eigenvalue weighted by Crippen LogP contribution is 2.30. The van der Waals surface area contributed by atoms with Crippen molar-refractivity contribution in [1.29, 1.82) is 0 Å². The zero-order valence-electron chi connectivity index (χ0n) is 15.8. The third kappa shape index (κ3) is 6.54. The van der Waals surface area contributed by atoms with Gasteiger partial charge in [-0.05, 0) is 0 Å². The van der Waals surface area contributed by atoms with Crippen LogP contribution in [-0.2, 0) is 9.47 Å². The minimum Gasteiger partial charge on any atom is -0.503 e. The third-order valence-corrected chi connectivity index (χ3v) is 4.09. The fourth-order valence-electron chi connectivity index (χ4n) is 1.80. The van der Waals surface area contributed by atoms with Crippen LogP contribution < -0.4 is 4.74 Å². The highest BCUT2D eigenvalue weighted by molar-refractivity contribution is 6.18. The molecule has 33 heavy (non-hydrogen) atoms. The van der Waals surface area contributed by atoms with Gasteiger partial charge < -0.3 is 19.3 Å². The van der Waals surface area contributed by atoms with E-state index in [0.29, 0.717) is 18.6 Å². The SMILES string of the molecule is ClCC1CO1.Fc1c(F)c(F)c(OCC2CO2)c(F)c1F.Oc1c(F)c(F)c(F)c(F)c1F. The number of benzene rings is 2. The molecule has 2 aliphatic heterocycles. The van der Waals surface area contributed by atoms with Crippen molar-refractivity contribution >= 4 is 11.6 Å². The van der Waals surface area contributed by atoms with Crippen molar-refractivity contribution < 1.29 is 63.2 Å². The largest absolute Gasteiger partial charge is 0.503 e. The zero-order chi connectivity index (χ0) is 25.0. The molecule has 1 N–H and O–H groups in total. The van der Waals surface area contributed by atoms with Gasteiger partial charge in [0.2, 0.25) is 58.2 Å². The Labute approximate surface area is 183 Å². The van der Waals surface area contributed by atoms with Crippen LogP contribution in [0.3, 0.4) is 0 Å². The van der Waals surface area contributed by atoms with Crippen molar-refractivity contribution in [3.05, 3.63) is 58.2 Å². The smallest absolute Gasteiger partial charge is 0.206 e. The highest BCUT2D eigenvalue weighted by Gasteiger charge is 2.30. The van der Waals surface area contributed by atoms with E-state index in [1.165, 1.54) is 0 Å². The van der Waals surface area contributed by atoms with E-state index in [2.05, 4.69) is 9.47 Å². The maximum atomic E-state index is 13.0. The van der Waals surface area contributed by atoms with E-state index in [0.717, 1.165) is 6.61 Å². The van der Waals surface area contributed by atoms with Crippen LogP contribution in [0.25, 0.3) is 0 Å². The molecule has 4 rings (SSSR count). The van der Waals surface area contributed by atoms with Crippen molar-refractivity contribution in [2.75, 3.05) is 25.7 Å². The Bertz CT molecular complexity index is 881. The van der Waals surface area contributed by atoms with Crippen LogP contribution in [0.4, 0.5) is 43.9 Å². The van der Waals surface area contributed by atoms with Gasteiger partial charge in [-0.1, -0.05) is 0 Å². The van der Waals surface area contributed by atoms with Gasteiger partial charge in [0.15, 0.2) is 11.5 Å². The average molecular weight is 517 g/mol. The lowest BCUT2D eigenvalue weighted by atomic mass is 10.2. The van der Waals surface area contributed by atoms with Gasteiger partial charge in [-0.15, -0.1) is 11.6 Å². The molecular formula is C18H11ClF10O4. The number of hydrogen-bond acceptors (Lipinski definition) is 4. The van der Waals surface area contributed by atoms with Gasteiger partial charge in [-0.25, -0.2) is 26.3 Å². The molecule has 2 aromatic carbocycles. The molecule has 0 spiro atoms. The molecule has 2 heterocycles. The van der Waals surface area contributed by atoms with Gasteiger partial charge in [0, 0.05) is 0 Å². The van der Waals surface area contributed by atoms with Crippen LogP contribution in [-0.4, -0.2) is 43.0 Å². The monoisotopic (exact) mass is 516 g/mol. The second kappa shape index (κ2) is 11.1. The number of phenolic OH excluding ortho intramolecular Hbond substituents is 1. The third-order valence-electron chi connectivity index (χ3n) is 3.75. The quantitative estimate of drug-likeness (QED) is 0.207. The Balaban J connectivity index is 0.000000198. The predicted octanol–water partition coefficient (Wildman–Crippen LogP) is 4.87. The number of rotatable bonds is 4. The van der Waals surface area contributed by atoms with Crippen molar-refractivity contribution in [2.24, 2.45) is 0 Å². The van der Waals surface area contributed by atoms with E-state index in [4.69, 9.17) is 21.4 Å². The van der Waals surface area contributed by atoms with Crippen LogP contribution in [0.5, 0.6) is 11.5 Å². The first kappa shape index (κ1) is 26.8. The Kier molecular flexibility index (Phi) is 9.03. The van der Waals surface area contributed by atoms with E-state index in [1.54, 1.807) is 0 Å². The van der Waals surface area contributed by atoms with E-state index < -0.39 is 69.7 Å². The first-order valence-corrected chi connectivity index (χ1v) is 9.09. The lowest BCUT2D eigenvalue weighted by molar-refractivity contribution is 0.231. The first-order chi connectivity index (χ1) is 15.4. The summed E-state index contributed by atoms with van der Waals surface area (Å²) in [6.07, 6.45) is 0.0478. The maximum Gasteiger partial charge on any atom is 0.206 e. The summed E-state index contributed by atoms with van der Waals surface area (Å²) in [5, 5.41) is 8.30. The molecule has 4 nitrogen and oxygen atoms in total. The number of hydrogen-bond donors (Lipinski definition) is 1. The second-order valence-electron chi connectivity index (χ2n) is 6.19. The minimum absolute atomic E-state index is 0.252. The van der Waals surface area contributed by atoms with Crippen LogP contribution in [0.15, 0.2) is 0 Å². The molecule has 0 aromatic heterocycles. The number of ether oxygens (including phenoxy) is 3. The molecule has 2 saturated heterocycles. The average Bonchev–Trinajstić information content (AvgIpc) is 3.72.